The molecule has 2 fully saturated rings. The largest absolute Gasteiger partial charge is 0.345 e. The van der Waals surface area contributed by atoms with Gasteiger partial charge in [-0.25, -0.2) is 13.4 Å². The van der Waals surface area contributed by atoms with Gasteiger partial charge in [0.05, 0.1) is 5.75 Å². The zero-order valence-corrected chi connectivity index (χ0v) is 12.5. The molecule has 3 rings (SSSR count). The average Bonchev–Trinajstić information content (AvgIpc) is 2.88. The van der Waals surface area contributed by atoms with Crippen LogP contribution in [0.25, 0.3) is 0 Å². The molecule has 1 saturated heterocycles. The van der Waals surface area contributed by atoms with Gasteiger partial charge in [0.2, 0.25) is 10.0 Å². The van der Waals surface area contributed by atoms with Gasteiger partial charge in [0, 0.05) is 37.8 Å². The Morgan fingerprint density at radius 3 is 2.53 bits per heavy atom. The number of aromatic nitrogens is 1. The van der Waals surface area contributed by atoms with E-state index in [2.05, 4.69) is 9.88 Å². The van der Waals surface area contributed by atoms with Gasteiger partial charge in [0.25, 0.3) is 0 Å². The Hall–Kier alpha value is -0.660. The quantitative estimate of drug-likeness (QED) is 0.843. The number of hydrogen-bond acceptors (Lipinski definition) is 5. The van der Waals surface area contributed by atoms with E-state index in [4.69, 9.17) is 0 Å². The van der Waals surface area contributed by atoms with Gasteiger partial charge in [0.15, 0.2) is 5.13 Å². The lowest BCUT2D eigenvalue weighted by Crippen LogP contribution is -2.50. The van der Waals surface area contributed by atoms with E-state index >= 15 is 0 Å². The van der Waals surface area contributed by atoms with Crippen molar-refractivity contribution in [2.75, 3.05) is 36.8 Å². The summed E-state index contributed by atoms with van der Waals surface area (Å²) in [6.07, 6.45) is 5.15. The lowest BCUT2D eigenvalue weighted by atomic mass is 9.87. The van der Waals surface area contributed by atoms with Crippen molar-refractivity contribution in [1.29, 1.82) is 0 Å². The number of sulfonamides is 1. The van der Waals surface area contributed by atoms with Gasteiger partial charge < -0.3 is 4.90 Å². The van der Waals surface area contributed by atoms with Crippen molar-refractivity contribution in [3.63, 3.8) is 0 Å². The molecule has 0 atom stereocenters. The van der Waals surface area contributed by atoms with Crippen LogP contribution in [0, 0.1) is 5.92 Å². The van der Waals surface area contributed by atoms with E-state index in [1.54, 1.807) is 21.8 Å². The molecule has 1 aromatic rings. The first-order valence-electron chi connectivity index (χ1n) is 6.77. The molecule has 0 spiro atoms. The van der Waals surface area contributed by atoms with Gasteiger partial charge >= 0.3 is 0 Å². The van der Waals surface area contributed by atoms with E-state index in [-0.39, 0.29) is 0 Å². The minimum Gasteiger partial charge on any atom is -0.345 e. The fourth-order valence-corrected chi connectivity index (χ4v) is 5.15. The predicted molar refractivity (Wildman–Crippen MR) is 77.0 cm³/mol. The Morgan fingerprint density at radius 1 is 1.26 bits per heavy atom. The van der Waals surface area contributed by atoms with E-state index < -0.39 is 10.0 Å². The lowest BCUT2D eigenvalue weighted by molar-refractivity contribution is 0.330. The van der Waals surface area contributed by atoms with Gasteiger partial charge in [-0.2, -0.15) is 4.31 Å². The van der Waals surface area contributed by atoms with Crippen LogP contribution in [0.5, 0.6) is 0 Å². The molecule has 0 amide bonds. The number of nitrogens with zero attached hydrogens (tertiary/aromatic N) is 3. The van der Waals surface area contributed by atoms with Gasteiger partial charge in [0.1, 0.15) is 0 Å². The summed E-state index contributed by atoms with van der Waals surface area (Å²) in [5.74, 6) is 0.756. The number of thiazole rings is 1. The van der Waals surface area contributed by atoms with Crippen LogP contribution < -0.4 is 4.90 Å². The van der Waals surface area contributed by atoms with Crippen molar-refractivity contribution < 1.29 is 8.42 Å². The maximum atomic E-state index is 12.3. The molecule has 0 bridgehead atoms. The third-order valence-corrected chi connectivity index (χ3v) is 6.87. The molecule has 2 aliphatic rings. The minimum atomic E-state index is -3.05. The molecule has 2 heterocycles. The first-order valence-corrected chi connectivity index (χ1v) is 9.26. The first-order chi connectivity index (χ1) is 9.15. The zero-order chi connectivity index (χ0) is 13.3. The molecule has 0 radical (unpaired) electrons. The summed E-state index contributed by atoms with van der Waals surface area (Å²) in [6.45, 7) is 2.68. The van der Waals surface area contributed by atoms with Crippen LogP contribution in [0.1, 0.15) is 19.3 Å². The highest BCUT2D eigenvalue weighted by molar-refractivity contribution is 7.89. The summed E-state index contributed by atoms with van der Waals surface area (Å²) >= 11 is 1.61. The van der Waals surface area contributed by atoms with Crippen LogP contribution in [-0.2, 0) is 10.0 Å². The van der Waals surface area contributed by atoms with Crippen LogP contribution in [0.3, 0.4) is 0 Å². The van der Waals surface area contributed by atoms with Crippen LogP contribution in [-0.4, -0.2) is 49.6 Å². The molecule has 7 heteroatoms. The van der Waals surface area contributed by atoms with Crippen LogP contribution >= 0.6 is 11.3 Å². The van der Waals surface area contributed by atoms with Crippen molar-refractivity contribution in [2.24, 2.45) is 5.92 Å². The Bertz CT molecular complexity index is 503. The number of hydrogen-bond donors (Lipinski definition) is 0. The fraction of sp³-hybridized carbons (Fsp3) is 0.750. The Kier molecular flexibility index (Phi) is 3.77. The molecule has 0 N–H and O–H groups in total. The summed E-state index contributed by atoms with van der Waals surface area (Å²) in [5, 5.41) is 2.95. The highest BCUT2D eigenvalue weighted by atomic mass is 32.2. The third-order valence-electron chi connectivity index (χ3n) is 3.99. The summed E-state index contributed by atoms with van der Waals surface area (Å²) in [5.41, 5.74) is 0. The van der Waals surface area contributed by atoms with Crippen LogP contribution in [0.4, 0.5) is 5.13 Å². The fourth-order valence-electron chi connectivity index (χ4n) is 2.59. The first kappa shape index (κ1) is 13.3. The SMILES string of the molecule is O=S(=O)(CC1CCC1)N1CCN(c2nccs2)CC1. The average molecular weight is 301 g/mol. The van der Waals surface area contributed by atoms with Gasteiger partial charge in [-0.15, -0.1) is 11.3 Å². The Balaban J connectivity index is 1.57. The van der Waals surface area contributed by atoms with E-state index in [0.717, 1.165) is 31.1 Å². The molecule has 0 unspecified atom stereocenters. The zero-order valence-electron chi connectivity index (χ0n) is 10.9. The molecule has 1 aromatic heterocycles. The van der Waals surface area contributed by atoms with E-state index in [1.807, 2.05) is 5.38 Å². The van der Waals surface area contributed by atoms with Crippen LogP contribution in [0.15, 0.2) is 11.6 Å². The third kappa shape index (κ3) is 2.93. The molecule has 1 aliphatic heterocycles. The number of piperazine rings is 1. The highest BCUT2D eigenvalue weighted by Crippen LogP contribution is 2.29. The smallest absolute Gasteiger partial charge is 0.214 e. The normalized spacial score (nSPS) is 22.4. The second-order valence-electron chi connectivity index (χ2n) is 5.28. The van der Waals surface area contributed by atoms with Gasteiger partial charge in [-0.1, -0.05) is 6.42 Å². The molecule has 1 saturated carbocycles. The summed E-state index contributed by atoms with van der Waals surface area (Å²) in [4.78, 5) is 6.44. The lowest BCUT2D eigenvalue weighted by Gasteiger charge is -2.35. The van der Waals surface area contributed by atoms with Crippen molar-refractivity contribution >= 4 is 26.5 Å². The maximum absolute atomic E-state index is 12.3. The standard InChI is InChI=1S/C12H19N3O2S2/c16-19(17,10-11-2-1-3-11)15-7-5-14(6-8-15)12-13-4-9-18-12/h4,9,11H,1-3,5-8,10H2. The molecular weight excluding hydrogens is 282 g/mol. The molecule has 1 aliphatic carbocycles. The minimum absolute atomic E-state index is 0.351. The van der Waals surface area contributed by atoms with E-state index in [0.29, 0.717) is 24.8 Å². The van der Waals surface area contributed by atoms with Crippen molar-refractivity contribution in [2.45, 2.75) is 19.3 Å². The highest BCUT2D eigenvalue weighted by Gasteiger charge is 2.31. The van der Waals surface area contributed by atoms with Crippen molar-refractivity contribution in [3.8, 4) is 0 Å². The molecule has 5 nitrogen and oxygen atoms in total. The van der Waals surface area contributed by atoms with Crippen molar-refractivity contribution in [3.05, 3.63) is 11.6 Å². The summed E-state index contributed by atoms with van der Waals surface area (Å²) < 4.78 is 26.2. The second-order valence-corrected chi connectivity index (χ2v) is 8.16. The topological polar surface area (TPSA) is 53.5 Å². The monoisotopic (exact) mass is 301 g/mol. The predicted octanol–water partition coefficient (Wildman–Crippen LogP) is 1.39. The maximum Gasteiger partial charge on any atom is 0.214 e. The van der Waals surface area contributed by atoms with Crippen molar-refractivity contribution in [1.82, 2.24) is 9.29 Å². The number of anilines is 1. The number of rotatable bonds is 4. The molecular formula is C12H19N3O2S2. The van der Waals surface area contributed by atoms with E-state index in [9.17, 15) is 8.42 Å². The van der Waals surface area contributed by atoms with Crippen LogP contribution in [0.2, 0.25) is 0 Å². The Morgan fingerprint density at radius 2 is 2.00 bits per heavy atom. The molecule has 0 aromatic carbocycles. The Labute approximate surface area is 118 Å². The molecule has 106 valence electrons. The summed E-state index contributed by atoms with van der Waals surface area (Å²) in [7, 11) is -3.05. The van der Waals surface area contributed by atoms with Gasteiger partial charge in [-0.3, -0.25) is 0 Å². The second kappa shape index (κ2) is 5.38. The molecule has 19 heavy (non-hydrogen) atoms. The van der Waals surface area contributed by atoms with E-state index in [1.165, 1.54) is 6.42 Å². The van der Waals surface area contributed by atoms with Gasteiger partial charge in [-0.05, 0) is 18.8 Å². The summed E-state index contributed by atoms with van der Waals surface area (Å²) in [6, 6.07) is 0.